The van der Waals surface area contributed by atoms with E-state index < -0.39 is 0 Å². The summed E-state index contributed by atoms with van der Waals surface area (Å²) in [7, 11) is 0. The Hall–Kier alpha value is -0.870. The fourth-order valence-corrected chi connectivity index (χ4v) is 3.06. The van der Waals surface area contributed by atoms with Crippen molar-refractivity contribution in [3.8, 4) is 0 Å². The lowest BCUT2D eigenvalue weighted by Crippen LogP contribution is -2.11. The molecule has 0 aliphatic rings. The molecule has 0 saturated carbocycles. The van der Waals surface area contributed by atoms with Gasteiger partial charge in [0.25, 0.3) is 0 Å². The fourth-order valence-electron chi connectivity index (χ4n) is 3.06. The molecule has 29 heavy (non-hydrogen) atoms. The number of ether oxygens (including phenoxy) is 1. The second-order valence-corrected chi connectivity index (χ2v) is 8.25. The van der Waals surface area contributed by atoms with E-state index in [0.29, 0.717) is 19.4 Å². The van der Waals surface area contributed by atoms with Crippen molar-refractivity contribution in [2.24, 2.45) is 0 Å². The number of allylic oxidation sites excluding steroid dienone is 2. The monoisotopic (exact) mass is 412 g/mol. The quantitative estimate of drug-likeness (QED) is 0.0790. The van der Waals surface area contributed by atoms with Crippen LogP contribution in [-0.2, 0) is 19.3 Å². The van der Waals surface area contributed by atoms with E-state index in [0.717, 1.165) is 13.0 Å². The molecule has 0 aromatic rings. The van der Waals surface area contributed by atoms with Gasteiger partial charge in [0.2, 0.25) is 0 Å². The molecule has 0 N–H and O–H groups in total. The molecule has 0 unspecified atom stereocenters. The average molecular weight is 413 g/mol. The molecule has 0 aliphatic carbocycles. The maximum absolute atomic E-state index is 11.3. The van der Waals surface area contributed by atoms with E-state index in [1.54, 1.807) is 0 Å². The molecule has 4 heteroatoms. The van der Waals surface area contributed by atoms with Crippen molar-refractivity contribution in [3.05, 3.63) is 12.2 Å². The molecule has 0 aromatic heterocycles. The molecule has 0 saturated heterocycles. The predicted molar refractivity (Wildman–Crippen MR) is 122 cm³/mol. The third-order valence-electron chi connectivity index (χ3n) is 4.80. The summed E-state index contributed by atoms with van der Waals surface area (Å²) in [6, 6.07) is 0. The van der Waals surface area contributed by atoms with Gasteiger partial charge >= 0.3 is 5.97 Å². The predicted octanol–water partition coefficient (Wildman–Crippen LogP) is 7.70. The van der Waals surface area contributed by atoms with Crippen LogP contribution < -0.4 is 0 Å². The Labute approximate surface area is 180 Å². The normalized spacial score (nSPS) is 11.6. The van der Waals surface area contributed by atoms with Crippen LogP contribution >= 0.6 is 0 Å². The number of hydrogen-bond donors (Lipinski definition) is 0. The van der Waals surface area contributed by atoms with Crippen molar-refractivity contribution >= 4 is 5.97 Å². The number of rotatable bonds is 22. The number of unbranched alkanes of at least 4 members (excludes halogenated alkanes) is 12. The van der Waals surface area contributed by atoms with Crippen LogP contribution in [0.3, 0.4) is 0 Å². The SMILES string of the molecule is CCCCCCCCC=CCCCCCCCCOCCCC(=O)OOC(C)C. The van der Waals surface area contributed by atoms with Crippen LogP contribution in [0.2, 0.25) is 0 Å². The van der Waals surface area contributed by atoms with Crippen molar-refractivity contribution < 1.29 is 19.3 Å². The lowest BCUT2D eigenvalue weighted by Gasteiger charge is -2.06. The molecule has 0 heterocycles. The van der Waals surface area contributed by atoms with Crippen molar-refractivity contribution in [2.45, 2.75) is 130 Å². The zero-order valence-electron chi connectivity index (χ0n) is 19.6. The maximum atomic E-state index is 11.3. The summed E-state index contributed by atoms with van der Waals surface area (Å²) < 4.78 is 5.57. The van der Waals surface area contributed by atoms with Crippen LogP contribution in [0.4, 0.5) is 0 Å². The summed E-state index contributed by atoms with van der Waals surface area (Å²) in [5, 5.41) is 0. The Morgan fingerprint density at radius 2 is 1.24 bits per heavy atom. The summed E-state index contributed by atoms with van der Waals surface area (Å²) >= 11 is 0. The van der Waals surface area contributed by atoms with E-state index in [9.17, 15) is 4.79 Å². The molecule has 0 atom stereocenters. The highest BCUT2D eigenvalue weighted by atomic mass is 17.2. The van der Waals surface area contributed by atoms with Crippen LogP contribution in [0.15, 0.2) is 12.2 Å². The smallest absolute Gasteiger partial charge is 0.342 e. The Morgan fingerprint density at radius 3 is 1.83 bits per heavy atom. The van der Waals surface area contributed by atoms with Gasteiger partial charge in [0.1, 0.15) is 0 Å². The molecular weight excluding hydrogens is 364 g/mol. The van der Waals surface area contributed by atoms with E-state index in [-0.39, 0.29) is 12.1 Å². The first-order chi connectivity index (χ1) is 14.2. The van der Waals surface area contributed by atoms with Gasteiger partial charge in [-0.2, -0.15) is 4.89 Å². The van der Waals surface area contributed by atoms with E-state index in [1.165, 1.54) is 83.5 Å². The Kier molecular flexibility index (Phi) is 22.7. The van der Waals surface area contributed by atoms with Crippen molar-refractivity contribution in [1.29, 1.82) is 0 Å². The molecule has 0 spiro atoms. The van der Waals surface area contributed by atoms with E-state index >= 15 is 0 Å². The highest BCUT2D eigenvalue weighted by Gasteiger charge is 2.05. The van der Waals surface area contributed by atoms with Gasteiger partial charge in [-0.15, -0.1) is 0 Å². The third kappa shape index (κ3) is 25.1. The second kappa shape index (κ2) is 23.4. The van der Waals surface area contributed by atoms with Gasteiger partial charge in [-0.3, -0.25) is 4.89 Å². The minimum atomic E-state index is -0.320. The Morgan fingerprint density at radius 1 is 0.724 bits per heavy atom. The van der Waals surface area contributed by atoms with Gasteiger partial charge in [-0.1, -0.05) is 76.9 Å². The lowest BCUT2D eigenvalue weighted by atomic mass is 10.1. The average Bonchev–Trinajstić information content (AvgIpc) is 2.70. The topological polar surface area (TPSA) is 44.8 Å². The first-order valence-electron chi connectivity index (χ1n) is 12.3. The van der Waals surface area contributed by atoms with Gasteiger partial charge in [-0.25, -0.2) is 4.79 Å². The third-order valence-corrected chi connectivity index (χ3v) is 4.80. The van der Waals surface area contributed by atoms with Gasteiger partial charge in [0.05, 0.1) is 12.5 Å². The molecule has 0 radical (unpaired) electrons. The minimum Gasteiger partial charge on any atom is -0.381 e. The number of carbonyl (C=O) groups is 1. The zero-order valence-corrected chi connectivity index (χ0v) is 19.6. The number of hydrogen-bond acceptors (Lipinski definition) is 4. The Bertz CT molecular complexity index is 366. The van der Waals surface area contributed by atoms with Gasteiger partial charge in [0, 0.05) is 13.2 Å². The van der Waals surface area contributed by atoms with Crippen LogP contribution in [0, 0.1) is 0 Å². The van der Waals surface area contributed by atoms with Crippen molar-refractivity contribution in [2.75, 3.05) is 13.2 Å². The van der Waals surface area contributed by atoms with Gasteiger partial charge in [0.15, 0.2) is 0 Å². The highest BCUT2D eigenvalue weighted by Crippen LogP contribution is 2.10. The van der Waals surface area contributed by atoms with E-state index in [2.05, 4.69) is 24.0 Å². The molecule has 0 bridgehead atoms. The van der Waals surface area contributed by atoms with Gasteiger partial charge in [-0.05, 0) is 52.4 Å². The highest BCUT2D eigenvalue weighted by molar-refractivity contribution is 5.68. The summed E-state index contributed by atoms with van der Waals surface area (Å²) in [4.78, 5) is 20.8. The lowest BCUT2D eigenvalue weighted by molar-refractivity contribution is -0.291. The summed E-state index contributed by atoms with van der Waals surface area (Å²) in [6.45, 7) is 7.32. The molecule has 4 nitrogen and oxygen atoms in total. The molecular formula is C25H48O4. The molecule has 172 valence electrons. The van der Waals surface area contributed by atoms with E-state index in [1.807, 2.05) is 13.8 Å². The Balaban J connectivity index is 3.15. The summed E-state index contributed by atoms with van der Waals surface area (Å²) in [5.74, 6) is -0.320. The first kappa shape index (κ1) is 28.1. The zero-order chi connectivity index (χ0) is 21.4. The molecule has 0 rings (SSSR count). The number of carbonyl (C=O) groups excluding carboxylic acids is 1. The minimum absolute atomic E-state index is 0.0958. The second-order valence-electron chi connectivity index (χ2n) is 8.25. The molecule has 0 aliphatic heterocycles. The fraction of sp³-hybridized carbons (Fsp3) is 0.880. The van der Waals surface area contributed by atoms with Gasteiger partial charge < -0.3 is 4.74 Å². The largest absolute Gasteiger partial charge is 0.381 e. The standard InChI is InChI=1S/C25H48O4/c1-4-5-6-7-8-9-10-11-12-13-14-15-16-17-18-19-22-27-23-20-21-25(26)29-28-24(2)3/h11-12,24H,4-10,13-23H2,1-3H3. The van der Waals surface area contributed by atoms with Crippen LogP contribution in [0.5, 0.6) is 0 Å². The first-order valence-corrected chi connectivity index (χ1v) is 12.3. The van der Waals surface area contributed by atoms with E-state index in [4.69, 9.17) is 9.62 Å². The van der Waals surface area contributed by atoms with Crippen LogP contribution in [-0.4, -0.2) is 25.3 Å². The maximum Gasteiger partial charge on any atom is 0.342 e. The molecule has 0 fully saturated rings. The summed E-state index contributed by atoms with van der Waals surface area (Å²) in [5.41, 5.74) is 0. The molecule has 0 aromatic carbocycles. The molecule has 0 amide bonds. The van der Waals surface area contributed by atoms with Crippen molar-refractivity contribution in [1.82, 2.24) is 0 Å². The summed E-state index contributed by atoms with van der Waals surface area (Å²) in [6.07, 6.45) is 24.1. The van der Waals surface area contributed by atoms with Crippen molar-refractivity contribution in [3.63, 3.8) is 0 Å². The van der Waals surface area contributed by atoms with Crippen LogP contribution in [0.25, 0.3) is 0 Å². The van der Waals surface area contributed by atoms with Crippen LogP contribution in [0.1, 0.15) is 124 Å².